The molecule has 1 heterocycles. The van der Waals surface area contributed by atoms with E-state index < -0.39 is 0 Å². The van der Waals surface area contributed by atoms with Crippen molar-refractivity contribution >= 4 is 0 Å². The van der Waals surface area contributed by atoms with E-state index in [9.17, 15) is 0 Å². The Balaban J connectivity index is 0.880. The Morgan fingerprint density at radius 1 is 0.656 bits per heavy atom. The minimum absolute atomic E-state index is 0.200. The Morgan fingerprint density at radius 3 is 2.09 bits per heavy atom. The van der Waals surface area contributed by atoms with Crippen molar-refractivity contribution in [2.24, 2.45) is 58.2 Å². The van der Waals surface area contributed by atoms with Crippen LogP contribution >= 0.6 is 0 Å². The lowest BCUT2D eigenvalue weighted by molar-refractivity contribution is -0.0530. The van der Waals surface area contributed by atoms with Crippen LogP contribution in [0.3, 0.4) is 0 Å². The Bertz CT molecular complexity index is 1250. The molecule has 0 spiro atoms. The van der Waals surface area contributed by atoms with Gasteiger partial charge in [-0.25, -0.2) is 0 Å². The molecule has 0 N–H and O–H groups in total. The van der Waals surface area contributed by atoms with E-state index in [1.165, 1.54) is 180 Å². The van der Waals surface area contributed by atoms with E-state index in [-0.39, 0.29) is 6.10 Å². The van der Waals surface area contributed by atoms with Crippen molar-refractivity contribution in [3.8, 4) is 0 Å². The number of allylic oxidation sites excluding steroid dienone is 4. The van der Waals surface area contributed by atoms with Crippen LogP contribution in [-0.4, -0.2) is 52.4 Å². The van der Waals surface area contributed by atoms with Crippen molar-refractivity contribution in [2.75, 3.05) is 46.2 Å². The molecule has 9 atom stereocenters. The molecule has 1 aliphatic heterocycles. The number of rotatable bonds is 35. The van der Waals surface area contributed by atoms with Gasteiger partial charge in [-0.2, -0.15) is 0 Å². The van der Waals surface area contributed by atoms with E-state index in [2.05, 4.69) is 59.8 Å². The number of fused-ring (bicyclic) bond motifs is 5. The molecule has 4 aliphatic carbocycles. The van der Waals surface area contributed by atoms with Crippen molar-refractivity contribution in [3.63, 3.8) is 0 Å². The summed E-state index contributed by atoms with van der Waals surface area (Å²) in [6, 6.07) is 0. The SMILES string of the molecule is CCCCCCCC/C=C\CCCCCCCCOCC(CC1CCOCC1)OCCCOCCCC[C@H]1CC[C@@]2(C)C(=CC[C@H]3[C@@H]4CC[C@H]([C@H](C)CCCC(C)C)[C@@]4(C)CC[C@@H]32)C1. The standard InChI is InChI=1S/C60H108O4/c1-7-8-9-10-11-12-13-14-15-16-17-18-19-20-21-23-41-63-48-54(47-52-36-44-62-45-37-52)64-43-26-42-61-40-24-22-29-51-34-38-59(5)53(46-51)30-31-55-57-33-32-56(50(4)28-25-27-49(2)3)60(57,6)39-35-58(55)59/h14-15,30,49-52,54-58H,7-13,16-29,31-48H2,1-6H3/b15-14-/t50-,51+,54?,55+,56-,57+,58+,59+,60-/m1/s1. The quantitative estimate of drug-likeness (QED) is 0.0469. The first-order valence-electron chi connectivity index (χ1n) is 28.9. The van der Waals surface area contributed by atoms with Gasteiger partial charge in [-0.1, -0.05) is 155 Å². The Hall–Kier alpha value is -0.680. The second-order valence-electron chi connectivity index (χ2n) is 23.7. The third-order valence-corrected chi connectivity index (χ3v) is 18.4. The van der Waals surface area contributed by atoms with Gasteiger partial charge in [-0.3, -0.25) is 0 Å². The van der Waals surface area contributed by atoms with Crippen molar-refractivity contribution in [1.29, 1.82) is 0 Å². The molecule has 5 rings (SSSR count). The van der Waals surface area contributed by atoms with Crippen LogP contribution in [0.25, 0.3) is 0 Å². The zero-order chi connectivity index (χ0) is 45.3. The summed E-state index contributed by atoms with van der Waals surface area (Å²) in [5.74, 6) is 7.16. The number of ether oxygens (including phenoxy) is 4. The molecule has 0 bridgehead atoms. The average Bonchev–Trinajstić information content (AvgIpc) is 3.65. The zero-order valence-corrected chi connectivity index (χ0v) is 43.6. The van der Waals surface area contributed by atoms with Gasteiger partial charge in [-0.15, -0.1) is 0 Å². The molecule has 0 aromatic carbocycles. The van der Waals surface area contributed by atoms with Crippen LogP contribution in [0.15, 0.2) is 23.8 Å². The van der Waals surface area contributed by atoms with Crippen LogP contribution in [0.2, 0.25) is 0 Å². The number of hydrogen-bond donors (Lipinski definition) is 0. The van der Waals surface area contributed by atoms with Gasteiger partial charge in [0.05, 0.1) is 12.7 Å². The van der Waals surface area contributed by atoms with Crippen LogP contribution in [-0.2, 0) is 18.9 Å². The third kappa shape index (κ3) is 18.0. The molecule has 4 fully saturated rings. The maximum atomic E-state index is 6.47. The Kier molecular flexibility index (Phi) is 26.1. The van der Waals surface area contributed by atoms with E-state index in [1.807, 2.05) is 5.57 Å². The summed E-state index contributed by atoms with van der Waals surface area (Å²) in [4.78, 5) is 0. The minimum Gasteiger partial charge on any atom is -0.381 e. The van der Waals surface area contributed by atoms with Crippen molar-refractivity contribution in [2.45, 2.75) is 253 Å². The summed E-state index contributed by atoms with van der Waals surface area (Å²) in [5, 5.41) is 0. The Morgan fingerprint density at radius 2 is 1.34 bits per heavy atom. The van der Waals surface area contributed by atoms with Crippen molar-refractivity contribution in [3.05, 3.63) is 23.8 Å². The van der Waals surface area contributed by atoms with Crippen LogP contribution in [0.1, 0.15) is 247 Å². The fraction of sp³-hybridized carbons (Fsp3) is 0.933. The summed E-state index contributed by atoms with van der Waals surface area (Å²) in [6.45, 7) is 21.1. The molecule has 4 nitrogen and oxygen atoms in total. The molecule has 64 heavy (non-hydrogen) atoms. The van der Waals surface area contributed by atoms with Gasteiger partial charge >= 0.3 is 0 Å². The number of hydrogen-bond acceptors (Lipinski definition) is 4. The van der Waals surface area contributed by atoms with E-state index in [0.717, 1.165) is 113 Å². The minimum atomic E-state index is 0.200. The molecule has 4 heteroatoms. The van der Waals surface area contributed by atoms with Crippen LogP contribution in [0, 0.1) is 58.2 Å². The van der Waals surface area contributed by atoms with Gasteiger partial charge in [0.1, 0.15) is 0 Å². The molecule has 0 radical (unpaired) electrons. The smallest absolute Gasteiger partial charge is 0.0811 e. The lowest BCUT2D eigenvalue weighted by Crippen LogP contribution is -2.50. The van der Waals surface area contributed by atoms with E-state index in [1.54, 1.807) is 0 Å². The van der Waals surface area contributed by atoms with Crippen molar-refractivity contribution < 1.29 is 18.9 Å². The van der Waals surface area contributed by atoms with Gasteiger partial charge in [0, 0.05) is 39.6 Å². The molecular weight excluding hydrogens is 785 g/mol. The lowest BCUT2D eigenvalue weighted by atomic mass is 9.46. The highest BCUT2D eigenvalue weighted by molar-refractivity contribution is 5.25. The predicted molar refractivity (Wildman–Crippen MR) is 274 cm³/mol. The zero-order valence-electron chi connectivity index (χ0n) is 43.6. The molecule has 5 aliphatic rings. The van der Waals surface area contributed by atoms with Gasteiger partial charge < -0.3 is 18.9 Å². The van der Waals surface area contributed by atoms with Crippen LogP contribution in [0.5, 0.6) is 0 Å². The van der Waals surface area contributed by atoms with Crippen LogP contribution < -0.4 is 0 Å². The first-order valence-corrected chi connectivity index (χ1v) is 28.9. The molecule has 372 valence electrons. The van der Waals surface area contributed by atoms with E-state index >= 15 is 0 Å². The summed E-state index contributed by atoms with van der Waals surface area (Å²) in [5.41, 5.74) is 2.95. The van der Waals surface area contributed by atoms with E-state index in [4.69, 9.17) is 18.9 Å². The second-order valence-corrected chi connectivity index (χ2v) is 23.7. The first kappa shape index (κ1) is 54.3. The highest BCUT2D eigenvalue weighted by Gasteiger charge is 2.59. The molecule has 3 saturated carbocycles. The number of unbranched alkanes of at least 4 members (excludes halogenated alkanes) is 13. The summed E-state index contributed by atoms with van der Waals surface area (Å²) in [7, 11) is 0. The maximum absolute atomic E-state index is 6.47. The van der Waals surface area contributed by atoms with Gasteiger partial charge in [0.2, 0.25) is 0 Å². The maximum Gasteiger partial charge on any atom is 0.0811 e. The second kappa shape index (κ2) is 30.7. The van der Waals surface area contributed by atoms with Gasteiger partial charge in [0.15, 0.2) is 0 Å². The Labute approximate surface area is 398 Å². The van der Waals surface area contributed by atoms with Crippen molar-refractivity contribution in [1.82, 2.24) is 0 Å². The summed E-state index contributed by atoms with van der Waals surface area (Å²) < 4.78 is 24.5. The largest absolute Gasteiger partial charge is 0.381 e. The molecular formula is C60H108O4. The highest BCUT2D eigenvalue weighted by Crippen LogP contribution is 2.67. The first-order chi connectivity index (χ1) is 31.2. The lowest BCUT2D eigenvalue weighted by Gasteiger charge is -2.58. The highest BCUT2D eigenvalue weighted by atomic mass is 16.5. The topological polar surface area (TPSA) is 36.9 Å². The van der Waals surface area contributed by atoms with Gasteiger partial charge in [0.25, 0.3) is 0 Å². The molecule has 0 aromatic heterocycles. The molecule has 0 amide bonds. The van der Waals surface area contributed by atoms with Gasteiger partial charge in [-0.05, 0) is 174 Å². The van der Waals surface area contributed by atoms with E-state index in [0.29, 0.717) is 16.7 Å². The molecule has 1 unspecified atom stereocenters. The average molecular weight is 894 g/mol. The fourth-order valence-corrected chi connectivity index (χ4v) is 14.4. The molecule has 1 saturated heterocycles. The third-order valence-electron chi connectivity index (χ3n) is 18.4. The fourth-order valence-electron chi connectivity index (χ4n) is 14.4. The van der Waals surface area contributed by atoms with Crippen LogP contribution in [0.4, 0.5) is 0 Å². The predicted octanol–water partition coefficient (Wildman–Crippen LogP) is 17.5. The summed E-state index contributed by atoms with van der Waals surface area (Å²) in [6.07, 6.45) is 50.9. The molecule has 0 aromatic rings. The normalized spacial score (nSPS) is 29.5. The summed E-state index contributed by atoms with van der Waals surface area (Å²) >= 11 is 0. The monoisotopic (exact) mass is 893 g/mol.